The maximum Gasteiger partial charge on any atom is 0.407 e. The van der Waals surface area contributed by atoms with Crippen LogP contribution in [0.4, 0.5) is 4.79 Å². The van der Waals surface area contributed by atoms with Gasteiger partial charge in [-0.2, -0.15) is 0 Å². The SMILES string of the molecule is COC1C(OC(=O)NCCOCCOCCNC(=O)CNC(=O)[C@H](CC(C)C)NC(=O)[C@H](Cc2ccccc2)NC(=O)CN)CC[C@]2(CO2)C1C1(C)O[C@@H]1CC=C(C)C. The van der Waals surface area contributed by atoms with Gasteiger partial charge in [-0.05, 0) is 57.9 Å². The lowest BCUT2D eigenvalue weighted by molar-refractivity contribution is -0.132. The van der Waals surface area contributed by atoms with Crippen molar-refractivity contribution in [2.45, 2.75) is 108 Å². The van der Waals surface area contributed by atoms with E-state index in [9.17, 15) is 24.0 Å². The fourth-order valence-corrected chi connectivity index (χ4v) is 7.70. The van der Waals surface area contributed by atoms with Gasteiger partial charge in [0.05, 0.1) is 58.1 Å². The first kappa shape index (κ1) is 47.5. The number of epoxide rings is 2. The van der Waals surface area contributed by atoms with E-state index < -0.39 is 53.5 Å². The highest BCUT2D eigenvalue weighted by atomic mass is 16.6. The van der Waals surface area contributed by atoms with Gasteiger partial charge in [0, 0.05) is 26.6 Å². The van der Waals surface area contributed by atoms with E-state index in [4.69, 9.17) is 34.2 Å². The van der Waals surface area contributed by atoms with Gasteiger partial charge in [-0.3, -0.25) is 19.2 Å². The molecule has 2 aliphatic heterocycles. The van der Waals surface area contributed by atoms with Gasteiger partial charge in [0.1, 0.15) is 35.5 Å². The van der Waals surface area contributed by atoms with Crippen LogP contribution in [0.3, 0.4) is 0 Å². The summed E-state index contributed by atoms with van der Waals surface area (Å²) in [7, 11) is 1.64. The summed E-state index contributed by atoms with van der Waals surface area (Å²) in [5, 5.41) is 13.4. The number of methoxy groups -OCH3 is 1. The zero-order valence-electron chi connectivity index (χ0n) is 35.5. The monoisotopic (exact) mass is 830 g/mol. The van der Waals surface area contributed by atoms with Crippen LogP contribution < -0.4 is 32.3 Å². The summed E-state index contributed by atoms with van der Waals surface area (Å²) in [5.74, 6) is -1.99. The van der Waals surface area contributed by atoms with Crippen molar-refractivity contribution in [3.8, 4) is 0 Å². The Bertz CT molecular complexity index is 1570. The second-order valence-electron chi connectivity index (χ2n) is 16.2. The first-order valence-corrected chi connectivity index (χ1v) is 20.7. The molecular formula is C42H66N6O11. The number of hydrogen-bond acceptors (Lipinski definition) is 12. The summed E-state index contributed by atoms with van der Waals surface area (Å²) in [5.41, 5.74) is 6.81. The van der Waals surface area contributed by atoms with E-state index in [-0.39, 0.29) is 88.7 Å². The van der Waals surface area contributed by atoms with Crippen LogP contribution in [0, 0.1) is 11.8 Å². The number of hydrogen-bond donors (Lipinski definition) is 6. The van der Waals surface area contributed by atoms with Crippen LogP contribution >= 0.6 is 0 Å². The maximum atomic E-state index is 13.3. The van der Waals surface area contributed by atoms with Crippen LogP contribution in [0.5, 0.6) is 0 Å². The van der Waals surface area contributed by atoms with Crippen molar-refractivity contribution in [2.24, 2.45) is 17.6 Å². The second-order valence-corrected chi connectivity index (χ2v) is 16.2. The van der Waals surface area contributed by atoms with Crippen LogP contribution in [-0.4, -0.2) is 138 Å². The van der Waals surface area contributed by atoms with Crippen LogP contribution in [0.1, 0.15) is 65.9 Å². The first-order valence-electron chi connectivity index (χ1n) is 20.7. The fourth-order valence-electron chi connectivity index (χ4n) is 7.70. The summed E-state index contributed by atoms with van der Waals surface area (Å²) >= 11 is 0. The van der Waals surface area contributed by atoms with Gasteiger partial charge < -0.3 is 60.7 Å². The minimum atomic E-state index is -0.945. The number of amides is 5. The van der Waals surface area contributed by atoms with Crippen LogP contribution in [0.15, 0.2) is 42.0 Å². The summed E-state index contributed by atoms with van der Waals surface area (Å²) in [4.78, 5) is 63.6. The Morgan fingerprint density at radius 3 is 2.20 bits per heavy atom. The van der Waals surface area contributed by atoms with E-state index in [0.717, 1.165) is 18.4 Å². The summed E-state index contributed by atoms with van der Waals surface area (Å²) in [6.45, 7) is 11.6. The molecule has 8 atom stereocenters. The number of benzene rings is 1. The number of ether oxygens (including phenoxy) is 6. The molecule has 1 aliphatic carbocycles. The highest BCUT2D eigenvalue weighted by Gasteiger charge is 2.72. The normalized spacial score (nSPS) is 25.3. The van der Waals surface area contributed by atoms with Crippen molar-refractivity contribution in [1.29, 1.82) is 0 Å². The van der Waals surface area contributed by atoms with Crippen LogP contribution in [-0.2, 0) is 54.0 Å². The quantitative estimate of drug-likeness (QED) is 0.0465. The number of carbonyl (C=O) groups excluding carboxylic acids is 5. The zero-order valence-corrected chi connectivity index (χ0v) is 35.5. The highest BCUT2D eigenvalue weighted by molar-refractivity contribution is 5.93. The lowest BCUT2D eigenvalue weighted by Crippen LogP contribution is -2.56. The average Bonchev–Trinajstić information content (AvgIpc) is 4.13. The molecule has 5 amide bonds. The number of allylic oxidation sites excluding steroid dienone is 1. The van der Waals surface area contributed by atoms with Crippen molar-refractivity contribution in [1.82, 2.24) is 26.6 Å². The molecule has 0 aromatic heterocycles. The Labute approximate surface area is 347 Å². The van der Waals surface area contributed by atoms with E-state index in [1.165, 1.54) is 5.57 Å². The zero-order chi connectivity index (χ0) is 43.0. The molecule has 330 valence electrons. The summed E-state index contributed by atoms with van der Waals surface area (Å²) in [6.07, 6.45) is 3.65. The lowest BCUT2D eigenvalue weighted by Gasteiger charge is -2.42. The van der Waals surface area contributed by atoms with Crippen molar-refractivity contribution >= 4 is 29.7 Å². The van der Waals surface area contributed by atoms with Crippen molar-refractivity contribution in [3.63, 3.8) is 0 Å². The predicted octanol–water partition coefficient (Wildman–Crippen LogP) is 1.27. The topological polar surface area (TPSA) is 234 Å². The maximum absolute atomic E-state index is 13.3. The van der Waals surface area contributed by atoms with Gasteiger partial charge in [-0.1, -0.05) is 55.8 Å². The van der Waals surface area contributed by atoms with E-state index in [0.29, 0.717) is 19.4 Å². The van der Waals surface area contributed by atoms with Gasteiger partial charge in [0.15, 0.2) is 0 Å². The molecule has 2 saturated heterocycles. The molecule has 1 aromatic carbocycles. The van der Waals surface area contributed by atoms with Gasteiger partial charge in [-0.15, -0.1) is 0 Å². The average molecular weight is 831 g/mol. The van der Waals surface area contributed by atoms with Gasteiger partial charge in [0.2, 0.25) is 23.6 Å². The molecule has 0 radical (unpaired) electrons. The molecule has 59 heavy (non-hydrogen) atoms. The fraction of sp³-hybridized carbons (Fsp3) is 0.690. The van der Waals surface area contributed by atoms with Crippen molar-refractivity contribution in [2.75, 3.05) is 66.3 Å². The van der Waals surface area contributed by atoms with Crippen LogP contribution in [0.2, 0.25) is 0 Å². The molecule has 1 spiro atoms. The molecule has 17 heteroatoms. The number of carbonyl (C=O) groups is 5. The molecule has 1 saturated carbocycles. The second kappa shape index (κ2) is 23.0. The Morgan fingerprint density at radius 2 is 1.59 bits per heavy atom. The minimum Gasteiger partial charge on any atom is -0.443 e. The molecule has 3 aliphatic rings. The number of alkyl carbamates (subject to hydrolysis) is 1. The van der Waals surface area contributed by atoms with E-state index >= 15 is 0 Å². The van der Waals surface area contributed by atoms with Crippen molar-refractivity contribution < 1.29 is 52.4 Å². The molecule has 4 unspecified atom stereocenters. The molecule has 17 nitrogen and oxygen atoms in total. The minimum absolute atomic E-state index is 0.0492. The summed E-state index contributed by atoms with van der Waals surface area (Å²) in [6, 6.07) is 7.30. The molecule has 2 heterocycles. The Morgan fingerprint density at radius 1 is 0.915 bits per heavy atom. The van der Waals surface area contributed by atoms with Gasteiger partial charge in [0.25, 0.3) is 0 Å². The molecule has 7 N–H and O–H groups in total. The van der Waals surface area contributed by atoms with E-state index in [1.54, 1.807) is 7.11 Å². The molecule has 3 fully saturated rings. The molecule has 1 aromatic rings. The lowest BCUT2D eigenvalue weighted by atomic mass is 9.68. The number of nitrogens with one attached hydrogen (secondary N) is 5. The van der Waals surface area contributed by atoms with E-state index in [2.05, 4.69) is 53.4 Å². The van der Waals surface area contributed by atoms with Gasteiger partial charge >= 0.3 is 6.09 Å². The third-order valence-electron chi connectivity index (χ3n) is 10.8. The van der Waals surface area contributed by atoms with Crippen LogP contribution in [0.25, 0.3) is 0 Å². The third kappa shape index (κ3) is 14.8. The Hall–Kier alpha value is -4.13. The number of nitrogens with two attached hydrogens (primary N) is 1. The van der Waals surface area contributed by atoms with Crippen molar-refractivity contribution in [3.05, 3.63) is 47.5 Å². The molecule has 0 bridgehead atoms. The standard InChI is InChI=1S/C42H66N6O11/c1-27(2)12-13-33-41(5,59-33)37-36(54-6)32(14-15-42(37)26-57-42)58-40(53)45-17-19-56-21-20-55-18-16-44-35(50)25-46-38(51)30(22-28(3)4)48-39(52)31(47-34(49)24-43)23-29-10-8-7-9-11-29/h7-12,28,30-33,36-37H,13-26,43H2,1-6H3,(H,44,50)(H,45,53)(H,46,51)(H,47,49)(H,48,52)/t30-,31-,32?,33+,36?,37?,41?,42-/m0/s1. The summed E-state index contributed by atoms with van der Waals surface area (Å²) < 4.78 is 35.1. The first-order chi connectivity index (χ1) is 28.2. The molecular weight excluding hydrogens is 764 g/mol. The smallest absolute Gasteiger partial charge is 0.407 e. The van der Waals surface area contributed by atoms with E-state index in [1.807, 2.05) is 44.2 Å². The Kier molecular flexibility index (Phi) is 18.6. The Balaban J connectivity index is 1.07. The largest absolute Gasteiger partial charge is 0.443 e. The van der Waals surface area contributed by atoms with Gasteiger partial charge in [-0.25, -0.2) is 4.79 Å². The predicted molar refractivity (Wildman–Crippen MR) is 218 cm³/mol. The molecule has 4 rings (SSSR count). The number of rotatable bonds is 25. The third-order valence-corrected chi connectivity index (χ3v) is 10.8. The highest BCUT2D eigenvalue weighted by Crippen LogP contribution is 2.59.